The fraction of sp³-hybridized carbons (Fsp3) is 0.400. The van der Waals surface area contributed by atoms with Crippen molar-refractivity contribution in [2.24, 2.45) is 0 Å². The first-order valence-corrected chi connectivity index (χ1v) is 11.3. The molecule has 1 atom stereocenters. The highest BCUT2D eigenvalue weighted by molar-refractivity contribution is 6.32. The smallest absolute Gasteiger partial charge is 0.244 e. The van der Waals surface area contributed by atoms with E-state index in [2.05, 4.69) is 34.3 Å². The molecule has 0 aliphatic carbocycles. The average molecular weight is 458 g/mol. The third-order valence-electron chi connectivity index (χ3n) is 5.52. The Kier molecular flexibility index (Phi) is 8.97. The van der Waals surface area contributed by atoms with Crippen LogP contribution < -0.4 is 14.8 Å². The molecule has 7 heteroatoms. The number of piperazine rings is 1. The second-order valence-corrected chi connectivity index (χ2v) is 8.28. The van der Waals surface area contributed by atoms with Gasteiger partial charge in [0.1, 0.15) is 0 Å². The van der Waals surface area contributed by atoms with Gasteiger partial charge in [-0.15, -0.1) is 0 Å². The lowest BCUT2D eigenvalue weighted by Gasteiger charge is -2.34. The molecule has 1 fully saturated rings. The maximum absolute atomic E-state index is 12.8. The summed E-state index contributed by atoms with van der Waals surface area (Å²) in [6.07, 6.45) is 3.27. The Morgan fingerprint density at radius 2 is 1.91 bits per heavy atom. The van der Waals surface area contributed by atoms with Gasteiger partial charge in [0.25, 0.3) is 0 Å². The molecule has 172 valence electrons. The molecule has 3 rings (SSSR count). The molecule has 1 aliphatic heterocycles. The molecule has 0 spiro atoms. The number of amides is 1. The van der Waals surface area contributed by atoms with Crippen LogP contribution in [-0.2, 0) is 4.79 Å². The topological polar surface area (TPSA) is 54.0 Å². The Labute approximate surface area is 195 Å². The van der Waals surface area contributed by atoms with Crippen LogP contribution in [0.2, 0.25) is 5.02 Å². The summed E-state index contributed by atoms with van der Waals surface area (Å²) >= 11 is 6.32. The minimum absolute atomic E-state index is 0.0878. The second-order valence-electron chi connectivity index (χ2n) is 7.88. The largest absolute Gasteiger partial charge is 0.491 e. The fourth-order valence-corrected chi connectivity index (χ4v) is 4.04. The summed E-state index contributed by atoms with van der Waals surface area (Å²) in [5.74, 6) is 0.893. The zero-order valence-electron chi connectivity index (χ0n) is 19.0. The minimum Gasteiger partial charge on any atom is -0.491 e. The Hall–Kier alpha value is -2.54. The van der Waals surface area contributed by atoms with Crippen LogP contribution in [0.25, 0.3) is 6.08 Å². The molecule has 0 bridgehead atoms. The number of rotatable bonds is 9. The third kappa shape index (κ3) is 6.73. The van der Waals surface area contributed by atoms with Crippen molar-refractivity contribution in [3.63, 3.8) is 0 Å². The highest BCUT2D eigenvalue weighted by Crippen LogP contribution is 2.36. The molecule has 1 saturated heterocycles. The molecule has 1 unspecified atom stereocenters. The molecule has 1 aliphatic rings. The quantitative estimate of drug-likeness (QED) is 0.579. The summed E-state index contributed by atoms with van der Waals surface area (Å²) < 4.78 is 10.9. The molecule has 0 aromatic heterocycles. The molecule has 0 saturated carbocycles. The monoisotopic (exact) mass is 457 g/mol. The number of halogens is 1. The molecule has 1 N–H and O–H groups in total. The molecule has 2 aromatic carbocycles. The Bertz CT molecular complexity index is 912. The molecule has 6 nitrogen and oxygen atoms in total. The minimum atomic E-state index is -0.155. The summed E-state index contributed by atoms with van der Waals surface area (Å²) in [7, 11) is 3.69. The van der Waals surface area contributed by atoms with Gasteiger partial charge in [-0.2, -0.15) is 0 Å². The molecule has 0 radical (unpaired) electrons. The van der Waals surface area contributed by atoms with Crippen LogP contribution in [0.1, 0.15) is 24.1 Å². The van der Waals surface area contributed by atoms with Crippen LogP contribution in [-0.4, -0.2) is 69.2 Å². The van der Waals surface area contributed by atoms with Gasteiger partial charge in [-0.3, -0.25) is 9.69 Å². The van der Waals surface area contributed by atoms with Gasteiger partial charge in [-0.1, -0.05) is 41.9 Å². The van der Waals surface area contributed by atoms with Gasteiger partial charge >= 0.3 is 0 Å². The van der Waals surface area contributed by atoms with E-state index in [-0.39, 0.29) is 11.9 Å². The van der Waals surface area contributed by atoms with Gasteiger partial charge < -0.3 is 19.7 Å². The van der Waals surface area contributed by atoms with Crippen molar-refractivity contribution < 1.29 is 14.3 Å². The number of hydrogen-bond acceptors (Lipinski definition) is 5. The van der Waals surface area contributed by atoms with Crippen molar-refractivity contribution in [2.45, 2.75) is 13.0 Å². The first kappa shape index (κ1) is 24.1. The lowest BCUT2D eigenvalue weighted by atomic mass is 10.1. The van der Waals surface area contributed by atoms with Gasteiger partial charge in [0.2, 0.25) is 5.91 Å². The Morgan fingerprint density at radius 1 is 1.19 bits per heavy atom. The van der Waals surface area contributed by atoms with Gasteiger partial charge in [-0.05, 0) is 43.3 Å². The van der Waals surface area contributed by atoms with Gasteiger partial charge in [0.15, 0.2) is 11.5 Å². The van der Waals surface area contributed by atoms with E-state index in [4.69, 9.17) is 21.1 Å². The number of carbonyl (C=O) groups excluding carboxylic acids is 1. The highest BCUT2D eigenvalue weighted by atomic mass is 35.5. The van der Waals surface area contributed by atoms with Crippen LogP contribution in [0.3, 0.4) is 0 Å². The summed E-state index contributed by atoms with van der Waals surface area (Å²) in [4.78, 5) is 17.5. The number of ether oxygens (including phenoxy) is 2. The summed E-state index contributed by atoms with van der Waals surface area (Å²) in [6, 6.07) is 13.6. The lowest BCUT2D eigenvalue weighted by molar-refractivity contribution is -0.117. The maximum Gasteiger partial charge on any atom is 0.244 e. The number of methoxy groups -OCH3 is 1. The predicted octanol–water partition coefficient (Wildman–Crippen LogP) is 3.87. The van der Waals surface area contributed by atoms with Crippen LogP contribution in [0.4, 0.5) is 0 Å². The third-order valence-corrected chi connectivity index (χ3v) is 5.80. The molecular formula is C25H32ClN3O3. The molecular weight excluding hydrogens is 426 g/mol. The Morgan fingerprint density at radius 3 is 2.56 bits per heavy atom. The van der Waals surface area contributed by atoms with Gasteiger partial charge in [0.05, 0.1) is 24.8 Å². The van der Waals surface area contributed by atoms with E-state index in [0.29, 0.717) is 23.1 Å². The zero-order chi connectivity index (χ0) is 22.9. The Balaban J connectivity index is 1.71. The van der Waals surface area contributed by atoms with Crippen LogP contribution >= 0.6 is 11.6 Å². The van der Waals surface area contributed by atoms with E-state index >= 15 is 0 Å². The van der Waals surface area contributed by atoms with E-state index in [1.54, 1.807) is 19.3 Å². The standard InChI is InChI=1S/C25H32ClN3O3/c1-4-32-23-17-19(16-21(26)25(23)31-3)10-11-24(30)27-22(20-8-6-5-7-9-20)18-29-14-12-28(2)13-15-29/h5-11,16-17,22H,4,12-15,18H2,1-3H3,(H,27,30)/b11-10+. The summed E-state index contributed by atoms with van der Waals surface area (Å²) in [6.45, 7) is 7.23. The van der Waals surface area contributed by atoms with E-state index in [1.807, 2.05) is 31.2 Å². The number of carbonyl (C=O) groups is 1. The van der Waals surface area contributed by atoms with Gasteiger partial charge in [-0.25, -0.2) is 0 Å². The van der Waals surface area contributed by atoms with Crippen molar-refractivity contribution >= 4 is 23.6 Å². The molecule has 32 heavy (non-hydrogen) atoms. The molecule has 1 amide bonds. The first-order valence-electron chi connectivity index (χ1n) is 10.9. The SMILES string of the molecule is CCOc1cc(/C=C/C(=O)NC(CN2CCN(C)CC2)c2ccccc2)cc(Cl)c1OC. The van der Waals surface area contributed by atoms with E-state index in [9.17, 15) is 4.79 Å². The van der Waals surface area contributed by atoms with E-state index in [0.717, 1.165) is 43.9 Å². The number of nitrogens with one attached hydrogen (secondary N) is 1. The number of benzene rings is 2. The highest BCUT2D eigenvalue weighted by Gasteiger charge is 2.20. The van der Waals surface area contributed by atoms with Crippen molar-refractivity contribution in [3.8, 4) is 11.5 Å². The summed E-state index contributed by atoms with van der Waals surface area (Å²) in [5.41, 5.74) is 1.86. The van der Waals surface area contributed by atoms with Crippen molar-refractivity contribution in [2.75, 3.05) is 53.5 Å². The number of likely N-dealkylation sites (N-methyl/N-ethyl adjacent to an activating group) is 1. The number of nitrogens with zero attached hydrogens (tertiary/aromatic N) is 2. The lowest BCUT2D eigenvalue weighted by Crippen LogP contribution is -2.47. The fourth-order valence-electron chi connectivity index (χ4n) is 3.75. The average Bonchev–Trinajstić information content (AvgIpc) is 2.79. The number of hydrogen-bond donors (Lipinski definition) is 1. The van der Waals surface area contributed by atoms with Crippen LogP contribution in [0, 0.1) is 0 Å². The second kappa shape index (κ2) is 11.9. The summed E-state index contributed by atoms with van der Waals surface area (Å²) in [5, 5.41) is 3.61. The van der Waals surface area contributed by atoms with Crippen molar-refractivity contribution in [1.82, 2.24) is 15.1 Å². The van der Waals surface area contributed by atoms with Crippen LogP contribution in [0.15, 0.2) is 48.5 Å². The van der Waals surface area contributed by atoms with Crippen molar-refractivity contribution in [3.05, 3.63) is 64.7 Å². The molecule has 2 aromatic rings. The first-order chi connectivity index (χ1) is 15.5. The zero-order valence-corrected chi connectivity index (χ0v) is 19.8. The van der Waals surface area contributed by atoms with E-state index < -0.39 is 0 Å². The van der Waals surface area contributed by atoms with Crippen LogP contribution in [0.5, 0.6) is 11.5 Å². The van der Waals surface area contributed by atoms with Crippen molar-refractivity contribution in [1.29, 1.82) is 0 Å². The van der Waals surface area contributed by atoms with E-state index in [1.165, 1.54) is 6.08 Å². The maximum atomic E-state index is 12.8. The predicted molar refractivity (Wildman–Crippen MR) is 129 cm³/mol. The van der Waals surface area contributed by atoms with Gasteiger partial charge in [0, 0.05) is 38.8 Å². The normalized spacial score (nSPS) is 16.1. The molecule has 1 heterocycles.